The number of amides is 3. The Hall–Kier alpha value is -5.24. The lowest BCUT2D eigenvalue weighted by Crippen LogP contribution is -2.52. The predicted molar refractivity (Wildman–Crippen MR) is 194 cm³/mol. The van der Waals surface area contributed by atoms with Gasteiger partial charge in [0.2, 0.25) is 6.41 Å². The van der Waals surface area contributed by atoms with E-state index in [4.69, 9.17) is 9.47 Å². The summed E-state index contributed by atoms with van der Waals surface area (Å²) in [4.78, 5) is 32.8. The Morgan fingerprint density at radius 2 is 1.71 bits per heavy atom. The average Bonchev–Trinajstić information content (AvgIpc) is 3.81. The molecule has 2 aliphatic rings. The highest BCUT2D eigenvalue weighted by molar-refractivity contribution is 5.90. The van der Waals surface area contributed by atoms with Crippen molar-refractivity contribution in [1.82, 2.24) is 25.2 Å². The van der Waals surface area contributed by atoms with E-state index in [1.54, 1.807) is 11.0 Å². The summed E-state index contributed by atoms with van der Waals surface area (Å²) in [6.45, 7) is 10.4. The van der Waals surface area contributed by atoms with Crippen molar-refractivity contribution < 1.29 is 27.8 Å². The molecule has 3 amide bonds. The van der Waals surface area contributed by atoms with E-state index in [9.17, 15) is 18.4 Å². The third-order valence-electron chi connectivity index (χ3n) is 9.90. The first kappa shape index (κ1) is 36.5. The van der Waals surface area contributed by atoms with E-state index < -0.39 is 17.2 Å². The molecular formula is C38H46F2N8O4. The minimum absolute atomic E-state index is 0.0153. The van der Waals surface area contributed by atoms with Crippen molar-refractivity contribution in [2.24, 2.45) is 11.8 Å². The van der Waals surface area contributed by atoms with Crippen LogP contribution in [0.3, 0.4) is 0 Å². The molecule has 0 saturated carbocycles. The number of hydrazine groups is 1. The summed E-state index contributed by atoms with van der Waals surface area (Å²) in [6.07, 6.45) is 4.68. The van der Waals surface area contributed by atoms with Gasteiger partial charge in [0.1, 0.15) is 35.6 Å². The molecule has 2 aliphatic heterocycles. The number of urea groups is 1. The van der Waals surface area contributed by atoms with Crippen LogP contribution in [0.25, 0.3) is 0 Å². The van der Waals surface area contributed by atoms with Crippen molar-refractivity contribution in [3.8, 4) is 5.75 Å². The van der Waals surface area contributed by atoms with E-state index in [1.165, 1.54) is 23.5 Å². The average molecular weight is 717 g/mol. The maximum absolute atomic E-state index is 15.0. The van der Waals surface area contributed by atoms with E-state index in [2.05, 4.69) is 42.8 Å². The minimum Gasteiger partial charge on any atom is -0.493 e. The van der Waals surface area contributed by atoms with Gasteiger partial charge in [0.05, 0.1) is 25.8 Å². The summed E-state index contributed by atoms with van der Waals surface area (Å²) < 4.78 is 42.7. The van der Waals surface area contributed by atoms with Gasteiger partial charge in [-0.05, 0) is 73.4 Å². The molecule has 3 atom stereocenters. The molecule has 0 spiro atoms. The van der Waals surface area contributed by atoms with E-state index in [0.717, 1.165) is 49.4 Å². The summed E-state index contributed by atoms with van der Waals surface area (Å²) in [7, 11) is 0. The number of halogens is 2. The monoisotopic (exact) mass is 716 g/mol. The van der Waals surface area contributed by atoms with Crippen molar-refractivity contribution in [3.05, 3.63) is 96.6 Å². The Morgan fingerprint density at radius 3 is 2.29 bits per heavy atom. The molecule has 3 heterocycles. The highest BCUT2D eigenvalue weighted by Crippen LogP contribution is 2.42. The zero-order valence-corrected chi connectivity index (χ0v) is 29.8. The predicted octanol–water partition coefficient (Wildman–Crippen LogP) is 5.82. The molecule has 6 rings (SSSR count). The fourth-order valence-electron chi connectivity index (χ4n) is 7.23. The first-order valence-corrected chi connectivity index (χ1v) is 17.7. The van der Waals surface area contributed by atoms with Crippen LogP contribution in [-0.2, 0) is 21.7 Å². The number of aromatic nitrogens is 3. The Bertz CT molecular complexity index is 1770. The second kappa shape index (κ2) is 16.4. The summed E-state index contributed by atoms with van der Waals surface area (Å²) in [6, 6.07) is 18.9. The largest absolute Gasteiger partial charge is 0.493 e. The number of piperazine rings is 1. The molecule has 2 fully saturated rings. The van der Waals surface area contributed by atoms with Gasteiger partial charge in [0.15, 0.2) is 0 Å². The van der Waals surface area contributed by atoms with E-state index >= 15 is 0 Å². The number of nitrogens with zero attached hydrogens (tertiary/aromatic N) is 6. The molecule has 0 bridgehead atoms. The molecule has 1 aromatic heterocycles. The van der Waals surface area contributed by atoms with Crippen molar-refractivity contribution >= 4 is 29.5 Å². The Morgan fingerprint density at radius 1 is 1.04 bits per heavy atom. The molecule has 2 saturated heterocycles. The Balaban J connectivity index is 0.991. The molecule has 3 aromatic carbocycles. The zero-order chi connectivity index (χ0) is 36.7. The standard InChI is InChI=1S/C38H46F2N8O4/c1-4-36(27(2)3)48(43-26-49)37(50)44-30-6-8-31(9-7-30)45-15-17-46(18-16-45)32-10-12-33(13-11-32)51-21-28-20-38(52-22-28,23-47-25-41-24-42-47)34-14-5-29(39)19-35(34)40/h5-14,19,24-28,36H,4,15-18,20-23H2,1-3H3,(H,43,49)(H,44,50)/t28-,36+,38+/m1/s1. The topological polar surface area (TPSA) is 117 Å². The second-order valence-electron chi connectivity index (χ2n) is 13.7. The summed E-state index contributed by atoms with van der Waals surface area (Å²) in [5.74, 6) is -0.396. The highest BCUT2D eigenvalue weighted by atomic mass is 19.1. The van der Waals surface area contributed by atoms with Crippen molar-refractivity contribution in [2.75, 3.05) is 54.5 Å². The fraction of sp³-hybridized carbons (Fsp3) is 0.421. The van der Waals surface area contributed by atoms with Gasteiger partial charge in [-0.15, -0.1) is 0 Å². The van der Waals surface area contributed by atoms with Crippen LogP contribution in [0.1, 0.15) is 39.2 Å². The van der Waals surface area contributed by atoms with E-state index in [-0.39, 0.29) is 30.5 Å². The second-order valence-corrected chi connectivity index (χ2v) is 13.7. The molecule has 14 heteroatoms. The van der Waals surface area contributed by atoms with Gasteiger partial charge in [-0.1, -0.05) is 26.8 Å². The molecule has 12 nitrogen and oxygen atoms in total. The van der Waals surface area contributed by atoms with Crippen LogP contribution in [0.4, 0.5) is 30.6 Å². The Kier molecular flexibility index (Phi) is 11.5. The number of nitrogens with one attached hydrogen (secondary N) is 2. The lowest BCUT2D eigenvalue weighted by atomic mass is 9.87. The van der Waals surface area contributed by atoms with Gasteiger partial charge in [0, 0.05) is 60.8 Å². The first-order chi connectivity index (χ1) is 25.2. The maximum atomic E-state index is 15.0. The SMILES string of the molecule is CC[C@@H](C(C)C)N(NC=O)C(=O)Nc1ccc(N2CCN(c3ccc(OC[C@@H]4CO[C@@](Cn5cncn5)(c5ccc(F)cc5F)C4)cc3)CC2)cc1. The molecular weight excluding hydrogens is 670 g/mol. The van der Waals surface area contributed by atoms with E-state index in [0.29, 0.717) is 43.7 Å². The van der Waals surface area contributed by atoms with Crippen LogP contribution in [0, 0.1) is 23.5 Å². The molecule has 0 aliphatic carbocycles. The van der Waals surface area contributed by atoms with Crippen molar-refractivity contribution in [2.45, 2.75) is 51.8 Å². The number of ether oxygens (including phenoxy) is 2. The van der Waals surface area contributed by atoms with Crippen LogP contribution < -0.4 is 25.3 Å². The first-order valence-electron chi connectivity index (χ1n) is 17.7. The van der Waals surface area contributed by atoms with Crippen LogP contribution in [0.15, 0.2) is 79.4 Å². The lowest BCUT2D eigenvalue weighted by Gasteiger charge is -2.37. The number of hydrogen-bond donors (Lipinski definition) is 2. The number of hydrogen-bond acceptors (Lipinski definition) is 8. The minimum atomic E-state index is -1.02. The smallest absolute Gasteiger partial charge is 0.340 e. The van der Waals surface area contributed by atoms with Crippen LogP contribution in [-0.4, -0.2) is 77.6 Å². The molecule has 4 aromatic rings. The Labute approximate surface area is 302 Å². The molecule has 0 radical (unpaired) electrons. The number of rotatable bonds is 14. The molecule has 2 N–H and O–H groups in total. The third kappa shape index (κ3) is 8.44. The van der Waals surface area contributed by atoms with Gasteiger partial charge in [-0.3, -0.25) is 10.2 Å². The van der Waals surface area contributed by atoms with Crippen LogP contribution in [0.5, 0.6) is 5.75 Å². The molecule has 0 unspecified atom stereocenters. The number of benzene rings is 3. The van der Waals surface area contributed by atoms with Crippen LogP contribution >= 0.6 is 0 Å². The zero-order valence-electron chi connectivity index (χ0n) is 29.8. The highest BCUT2D eigenvalue weighted by Gasteiger charge is 2.44. The normalized spacial score (nSPS) is 19.4. The maximum Gasteiger partial charge on any atom is 0.340 e. The van der Waals surface area contributed by atoms with Crippen molar-refractivity contribution in [3.63, 3.8) is 0 Å². The molecule has 52 heavy (non-hydrogen) atoms. The van der Waals surface area contributed by atoms with Gasteiger partial charge in [-0.25, -0.2) is 28.3 Å². The molecule has 276 valence electrons. The quantitative estimate of drug-likeness (QED) is 0.124. The number of carbonyl (C=O) groups excluding carboxylic acids is 2. The number of carbonyl (C=O) groups is 2. The van der Waals surface area contributed by atoms with Crippen molar-refractivity contribution in [1.29, 1.82) is 0 Å². The van der Waals surface area contributed by atoms with Gasteiger partial charge < -0.3 is 24.6 Å². The fourth-order valence-corrected chi connectivity index (χ4v) is 7.23. The summed E-state index contributed by atoms with van der Waals surface area (Å²) >= 11 is 0. The van der Waals surface area contributed by atoms with E-state index in [1.807, 2.05) is 57.2 Å². The number of anilines is 3. The van der Waals surface area contributed by atoms with Gasteiger partial charge in [0.25, 0.3) is 0 Å². The van der Waals surface area contributed by atoms with Crippen LogP contribution in [0.2, 0.25) is 0 Å². The lowest BCUT2D eigenvalue weighted by molar-refractivity contribution is -0.113. The van der Waals surface area contributed by atoms with Gasteiger partial charge in [-0.2, -0.15) is 5.10 Å². The van der Waals surface area contributed by atoms with Gasteiger partial charge >= 0.3 is 6.03 Å². The summed E-state index contributed by atoms with van der Waals surface area (Å²) in [5, 5.41) is 8.44. The summed E-state index contributed by atoms with van der Waals surface area (Å²) in [5.41, 5.74) is 4.64. The third-order valence-corrected chi connectivity index (χ3v) is 9.90.